The van der Waals surface area contributed by atoms with Crippen LogP contribution in [0.4, 0.5) is 10.5 Å². The van der Waals surface area contributed by atoms with Gasteiger partial charge < -0.3 is 19.5 Å². The van der Waals surface area contributed by atoms with E-state index in [1.165, 1.54) is 4.68 Å². The lowest BCUT2D eigenvalue weighted by molar-refractivity contribution is -0.386. The Hall–Kier alpha value is -2.20. The first-order valence-corrected chi connectivity index (χ1v) is 8.22. The largest absolute Gasteiger partial charge is 0.444 e. The van der Waals surface area contributed by atoms with E-state index in [0.717, 1.165) is 6.20 Å². The van der Waals surface area contributed by atoms with E-state index in [1.54, 1.807) is 27.8 Å². The number of methoxy groups -OCH3 is 1. The van der Waals surface area contributed by atoms with Crippen LogP contribution in [0.15, 0.2) is 6.20 Å². The summed E-state index contributed by atoms with van der Waals surface area (Å²) in [6.45, 7) is 4.93. The van der Waals surface area contributed by atoms with E-state index < -0.39 is 41.9 Å². The van der Waals surface area contributed by atoms with E-state index in [1.807, 2.05) is 0 Å². The number of carbonyl (C=O) groups is 1. The van der Waals surface area contributed by atoms with Gasteiger partial charge in [-0.1, -0.05) is 0 Å². The number of aromatic nitrogens is 2. The van der Waals surface area contributed by atoms with Crippen molar-refractivity contribution in [1.82, 2.24) is 15.1 Å². The first kappa shape index (κ1) is 16.0. The first-order chi connectivity index (χ1) is 13.3. The van der Waals surface area contributed by atoms with Gasteiger partial charge in [-0.25, -0.2) is 4.79 Å². The van der Waals surface area contributed by atoms with Gasteiger partial charge in [0, 0.05) is 14.1 Å². The number of hydrogen-bond donors (Lipinski definition) is 1. The van der Waals surface area contributed by atoms with Gasteiger partial charge in [0.2, 0.25) is 0 Å². The van der Waals surface area contributed by atoms with Gasteiger partial charge in [0.05, 0.1) is 21.7 Å². The molecule has 10 heteroatoms. The molecule has 0 aliphatic carbocycles. The van der Waals surface area contributed by atoms with Gasteiger partial charge in [-0.05, 0) is 33.6 Å². The molecule has 26 heavy (non-hydrogen) atoms. The highest BCUT2D eigenvalue weighted by Gasteiger charge is 2.35. The van der Waals surface area contributed by atoms with Gasteiger partial charge in [0.15, 0.2) is 0 Å². The fourth-order valence-corrected chi connectivity index (χ4v) is 2.83. The Morgan fingerprint density at radius 1 is 1.54 bits per heavy atom. The molecule has 2 rings (SSSR count). The second kappa shape index (κ2) is 8.00. The van der Waals surface area contributed by atoms with Crippen molar-refractivity contribution < 1.29 is 28.0 Å². The van der Waals surface area contributed by atoms with E-state index in [9.17, 15) is 14.9 Å². The molecule has 1 N–H and O–H groups in total. The molecule has 1 aromatic rings. The van der Waals surface area contributed by atoms with Crippen molar-refractivity contribution in [2.75, 3.05) is 13.6 Å². The van der Waals surface area contributed by atoms with Crippen molar-refractivity contribution in [3.63, 3.8) is 0 Å². The normalized spacial score (nSPS) is 26.2. The molecule has 0 aromatic carbocycles. The maximum atomic E-state index is 12.2. The Labute approximate surface area is 156 Å². The average Bonchev–Trinajstić information content (AvgIpc) is 2.82. The molecule has 1 fully saturated rings. The molecule has 1 saturated heterocycles. The highest BCUT2D eigenvalue weighted by atomic mass is 16.6. The topological polar surface area (TPSA) is 118 Å². The number of alkyl carbamates (subject to hydrolysis) is 1. The van der Waals surface area contributed by atoms with Crippen LogP contribution in [0.1, 0.15) is 49.5 Å². The van der Waals surface area contributed by atoms with E-state index in [-0.39, 0.29) is 30.8 Å². The fourth-order valence-electron chi connectivity index (χ4n) is 2.83. The fraction of sp³-hybridized carbons (Fsp3) is 0.750. The molecule has 0 radical (unpaired) electrons. The summed E-state index contributed by atoms with van der Waals surface area (Å²) in [5.74, 6) is 0. The van der Waals surface area contributed by atoms with Crippen LogP contribution in [0.3, 0.4) is 0 Å². The highest BCUT2D eigenvalue weighted by Crippen LogP contribution is 2.33. The Morgan fingerprint density at radius 3 is 2.88 bits per heavy atom. The minimum Gasteiger partial charge on any atom is -0.444 e. The maximum Gasteiger partial charge on any atom is 0.407 e. The molecule has 0 spiro atoms. The van der Waals surface area contributed by atoms with Gasteiger partial charge in [0.1, 0.15) is 29.7 Å². The lowest BCUT2D eigenvalue weighted by atomic mass is 10.0. The second-order valence-electron chi connectivity index (χ2n) is 7.10. The summed E-state index contributed by atoms with van der Waals surface area (Å²) in [5, 5.41) is 17.8. The number of rotatable bonds is 4. The Bertz CT molecular complexity index is 746. The average molecular weight is 373 g/mol. The van der Waals surface area contributed by atoms with Crippen molar-refractivity contribution in [1.29, 1.82) is 0 Å². The van der Waals surface area contributed by atoms with E-state index in [4.69, 9.17) is 18.3 Å². The molecule has 146 valence electrons. The first-order valence-electron chi connectivity index (χ1n) is 9.72. The molecule has 1 aromatic heterocycles. The van der Waals surface area contributed by atoms with Crippen LogP contribution in [0.5, 0.6) is 0 Å². The van der Waals surface area contributed by atoms with Crippen molar-refractivity contribution >= 4 is 11.8 Å². The smallest absolute Gasteiger partial charge is 0.407 e. The van der Waals surface area contributed by atoms with Gasteiger partial charge in [-0.2, -0.15) is 5.10 Å². The molecular formula is C16H26N4O6. The minimum atomic E-state index is -2.71. The maximum absolute atomic E-state index is 12.2. The number of amides is 1. The lowest BCUT2D eigenvalue weighted by Crippen LogP contribution is -2.46. The number of carbonyl (C=O) groups excluding carboxylic acids is 1. The van der Waals surface area contributed by atoms with Crippen LogP contribution < -0.4 is 5.32 Å². The summed E-state index contributed by atoms with van der Waals surface area (Å²) < 4.78 is 39.6. The summed E-state index contributed by atoms with van der Waals surface area (Å²) in [5.41, 5.74) is -0.659. The third kappa shape index (κ3) is 4.92. The molecule has 1 aliphatic rings. The zero-order chi connectivity index (χ0) is 22.0. The van der Waals surface area contributed by atoms with Gasteiger partial charge in [-0.3, -0.25) is 14.8 Å². The van der Waals surface area contributed by atoms with Crippen LogP contribution in [0, 0.1) is 10.1 Å². The summed E-state index contributed by atoms with van der Waals surface area (Å²) in [4.78, 5) is 22.9. The van der Waals surface area contributed by atoms with Gasteiger partial charge in [-0.15, -0.1) is 0 Å². The number of nitro groups is 1. The van der Waals surface area contributed by atoms with E-state index in [2.05, 4.69) is 10.4 Å². The summed E-state index contributed by atoms with van der Waals surface area (Å²) >= 11 is 0. The standard InChI is InChI=1S/C16H26N4O6/c1-16(2,3)26-15(21)18-10-6-7-12(25-9-13(10)24-5)14-11(20(22)23)8-17-19(14)4/h8,10,12-13H,6-7,9H2,1-5H3,(H,18,21)/i5D3. The van der Waals surface area contributed by atoms with Crippen molar-refractivity contribution in [2.24, 2.45) is 7.05 Å². The van der Waals surface area contributed by atoms with Crippen LogP contribution in [0.25, 0.3) is 0 Å². The second-order valence-corrected chi connectivity index (χ2v) is 7.10. The molecule has 3 atom stereocenters. The summed E-state index contributed by atoms with van der Waals surface area (Å²) in [6, 6.07) is -0.720. The molecule has 3 unspecified atom stereocenters. The predicted molar refractivity (Wildman–Crippen MR) is 91.7 cm³/mol. The Kier molecular flexibility index (Phi) is 4.93. The van der Waals surface area contributed by atoms with Crippen LogP contribution in [-0.4, -0.2) is 52.2 Å². The van der Waals surface area contributed by atoms with Crippen LogP contribution >= 0.6 is 0 Å². The molecule has 10 nitrogen and oxygen atoms in total. The summed E-state index contributed by atoms with van der Waals surface area (Å²) in [6.07, 6.45) is -0.750. The minimum absolute atomic E-state index is 0.189. The van der Waals surface area contributed by atoms with Gasteiger partial charge in [0.25, 0.3) is 0 Å². The number of hydrogen-bond acceptors (Lipinski definition) is 7. The summed E-state index contributed by atoms with van der Waals surface area (Å²) in [7, 11) is -1.15. The third-order valence-electron chi connectivity index (χ3n) is 3.97. The number of nitrogens with one attached hydrogen (secondary N) is 1. The van der Waals surface area contributed by atoms with Crippen LogP contribution in [0.2, 0.25) is 0 Å². The molecule has 1 aliphatic heterocycles. The lowest BCUT2D eigenvalue weighted by Gasteiger charge is -2.26. The number of ether oxygens (including phenoxy) is 3. The quantitative estimate of drug-likeness (QED) is 0.634. The monoisotopic (exact) mass is 373 g/mol. The predicted octanol–water partition coefficient (Wildman–Crippen LogP) is 2.09. The zero-order valence-electron chi connectivity index (χ0n) is 18.2. The number of aryl methyl sites for hydroxylation is 1. The van der Waals surface area contributed by atoms with Gasteiger partial charge >= 0.3 is 11.8 Å². The van der Waals surface area contributed by atoms with Crippen molar-refractivity contribution in [3.8, 4) is 0 Å². The van der Waals surface area contributed by atoms with Crippen LogP contribution in [-0.2, 0) is 21.3 Å². The number of nitrogens with zero attached hydrogens (tertiary/aromatic N) is 3. The SMILES string of the molecule is [2H]C([2H])([2H])OC1COC(c2c([N+](=O)[O-])cnn2C)CCC1NC(=O)OC(C)(C)C. The zero-order valence-corrected chi connectivity index (χ0v) is 15.2. The molecule has 0 bridgehead atoms. The van der Waals surface area contributed by atoms with Crippen molar-refractivity contribution in [3.05, 3.63) is 22.0 Å². The molecule has 1 amide bonds. The van der Waals surface area contributed by atoms with E-state index >= 15 is 0 Å². The molecule has 0 saturated carbocycles. The Balaban J connectivity index is 2.22. The molecule has 2 heterocycles. The Morgan fingerprint density at radius 2 is 2.27 bits per heavy atom. The van der Waals surface area contributed by atoms with Crippen molar-refractivity contribution in [2.45, 2.75) is 57.5 Å². The molecular weight excluding hydrogens is 344 g/mol. The third-order valence-corrected chi connectivity index (χ3v) is 3.97. The van der Waals surface area contributed by atoms with E-state index in [0.29, 0.717) is 0 Å². The highest BCUT2D eigenvalue weighted by molar-refractivity contribution is 5.68.